The van der Waals surface area contributed by atoms with Gasteiger partial charge in [0.1, 0.15) is 12.8 Å². The van der Waals surface area contributed by atoms with Gasteiger partial charge in [-0.1, -0.05) is 0 Å². The van der Waals surface area contributed by atoms with Gasteiger partial charge in [-0.15, -0.1) is 0 Å². The quantitative estimate of drug-likeness (QED) is 0.624. The molecule has 1 unspecified atom stereocenters. The van der Waals surface area contributed by atoms with E-state index in [1.165, 1.54) is 0 Å². The third-order valence-corrected chi connectivity index (χ3v) is 3.07. The Morgan fingerprint density at radius 1 is 1.56 bits per heavy atom. The summed E-state index contributed by atoms with van der Waals surface area (Å²) >= 11 is 0. The average molecular weight is 151 g/mol. The van der Waals surface area contributed by atoms with Gasteiger partial charge in [-0.25, -0.2) is 9.42 Å². The largest absolute Gasteiger partial charge is 0.268 e. The molecule has 0 bridgehead atoms. The smallest absolute Gasteiger partial charge is 0.220 e. The van der Waals surface area contributed by atoms with Gasteiger partial charge in [0.05, 0.1) is 6.10 Å². The topological polar surface area (TPSA) is 29.5 Å². The van der Waals surface area contributed by atoms with E-state index >= 15 is 0 Å². The lowest BCUT2D eigenvalue weighted by Crippen LogP contribution is -2.05. The maximum absolute atomic E-state index is 9.38. The number of hydrogen-bond donors (Lipinski definition) is 1. The maximum atomic E-state index is 9.38. The Bertz CT molecular complexity index is 81.1. The molecule has 0 aliphatic rings. The van der Waals surface area contributed by atoms with Crippen LogP contribution in [0.3, 0.4) is 0 Å². The van der Waals surface area contributed by atoms with Crippen LogP contribution in [0.4, 0.5) is 0 Å². The first-order valence-corrected chi connectivity index (χ1v) is 5.54. The van der Waals surface area contributed by atoms with Gasteiger partial charge in [0.25, 0.3) is 7.72 Å². The van der Waals surface area contributed by atoms with Gasteiger partial charge in [0.15, 0.2) is 0 Å². The van der Waals surface area contributed by atoms with Crippen LogP contribution in [0.5, 0.6) is 0 Å². The van der Waals surface area contributed by atoms with E-state index in [9.17, 15) is 4.89 Å². The van der Waals surface area contributed by atoms with Crippen molar-refractivity contribution in [3.63, 3.8) is 0 Å². The standard InChI is InChI=1S/C6H16O2P/c1-5-9(4,7)8-6(2)3/h6-7H,5H2,1-4H3/q+1. The van der Waals surface area contributed by atoms with Crippen molar-refractivity contribution in [3.8, 4) is 0 Å². The molecule has 0 saturated carbocycles. The summed E-state index contributed by atoms with van der Waals surface area (Å²) in [7, 11) is -1.98. The lowest BCUT2D eigenvalue weighted by atomic mass is 10.5. The van der Waals surface area contributed by atoms with Gasteiger partial charge in [0, 0.05) is 0 Å². The molecule has 0 fully saturated rings. The monoisotopic (exact) mass is 151 g/mol. The SMILES string of the molecule is CC[P+](C)(O)OC(C)C. The normalized spacial score (nSPS) is 18.0. The summed E-state index contributed by atoms with van der Waals surface area (Å²) in [5.41, 5.74) is 0. The Morgan fingerprint density at radius 2 is 2.00 bits per heavy atom. The Morgan fingerprint density at radius 3 is 2.11 bits per heavy atom. The third kappa shape index (κ3) is 4.83. The molecule has 0 amide bonds. The highest BCUT2D eigenvalue weighted by molar-refractivity contribution is 7.64. The van der Waals surface area contributed by atoms with Crippen LogP contribution in [0.1, 0.15) is 20.8 Å². The molecular weight excluding hydrogens is 135 g/mol. The first-order valence-electron chi connectivity index (χ1n) is 3.24. The molecule has 0 aromatic carbocycles. The summed E-state index contributed by atoms with van der Waals surface area (Å²) in [5, 5.41) is 0. The molecule has 1 atom stereocenters. The third-order valence-electron chi connectivity index (χ3n) is 1.02. The Labute approximate surface area is 57.7 Å². The van der Waals surface area contributed by atoms with Crippen molar-refractivity contribution >= 4 is 7.72 Å². The highest BCUT2D eigenvalue weighted by Gasteiger charge is 2.28. The molecule has 0 aliphatic carbocycles. The molecular formula is C6H16O2P+. The van der Waals surface area contributed by atoms with Gasteiger partial charge in [-0.05, 0) is 20.8 Å². The van der Waals surface area contributed by atoms with Crippen molar-refractivity contribution in [2.24, 2.45) is 0 Å². The molecule has 1 N–H and O–H groups in total. The first kappa shape index (κ1) is 9.35. The molecule has 0 saturated heterocycles. The molecule has 3 heteroatoms. The second-order valence-electron chi connectivity index (χ2n) is 2.52. The Kier molecular flexibility index (Phi) is 3.64. The Hall–Kier alpha value is 0.350. The second-order valence-corrected chi connectivity index (χ2v) is 5.47. The van der Waals surface area contributed by atoms with E-state index in [-0.39, 0.29) is 6.10 Å². The second kappa shape index (κ2) is 3.50. The predicted molar refractivity (Wildman–Crippen MR) is 41.8 cm³/mol. The van der Waals surface area contributed by atoms with Crippen molar-refractivity contribution in [2.75, 3.05) is 12.8 Å². The summed E-state index contributed by atoms with van der Waals surface area (Å²) in [6.07, 6.45) is 0.888. The van der Waals surface area contributed by atoms with Crippen LogP contribution in [0.15, 0.2) is 0 Å². The molecule has 0 radical (unpaired) electrons. The van der Waals surface area contributed by atoms with Crippen molar-refractivity contribution in [1.82, 2.24) is 0 Å². The van der Waals surface area contributed by atoms with Crippen LogP contribution in [-0.4, -0.2) is 23.8 Å². The fraction of sp³-hybridized carbons (Fsp3) is 1.00. The fourth-order valence-electron chi connectivity index (χ4n) is 0.529. The molecule has 0 rings (SSSR count). The van der Waals surface area contributed by atoms with E-state index in [1.807, 2.05) is 20.8 Å². The molecule has 2 nitrogen and oxygen atoms in total. The first-order chi connectivity index (χ1) is 3.98. The highest BCUT2D eigenvalue weighted by atomic mass is 31.2. The van der Waals surface area contributed by atoms with Gasteiger partial charge < -0.3 is 0 Å². The van der Waals surface area contributed by atoms with Crippen LogP contribution in [0.25, 0.3) is 0 Å². The van der Waals surface area contributed by atoms with E-state index < -0.39 is 7.72 Å². The highest BCUT2D eigenvalue weighted by Crippen LogP contribution is 2.51. The number of hydrogen-bond acceptors (Lipinski definition) is 2. The minimum atomic E-state index is -1.98. The van der Waals surface area contributed by atoms with Crippen molar-refractivity contribution in [3.05, 3.63) is 0 Å². The molecule has 0 aromatic rings. The van der Waals surface area contributed by atoms with Gasteiger partial charge in [-0.2, -0.15) is 0 Å². The zero-order valence-corrected chi connectivity index (χ0v) is 7.48. The van der Waals surface area contributed by atoms with Crippen LogP contribution in [-0.2, 0) is 4.52 Å². The lowest BCUT2D eigenvalue weighted by molar-refractivity contribution is 0.229. The van der Waals surface area contributed by atoms with Crippen LogP contribution >= 0.6 is 7.72 Å². The summed E-state index contributed by atoms with van der Waals surface area (Å²) in [5.74, 6) is 0. The molecule has 56 valence electrons. The average Bonchev–Trinajstić information content (AvgIpc) is 1.63. The van der Waals surface area contributed by atoms with Crippen molar-refractivity contribution in [2.45, 2.75) is 26.9 Å². The zero-order chi connectivity index (χ0) is 7.49. The van der Waals surface area contributed by atoms with Crippen molar-refractivity contribution < 1.29 is 9.42 Å². The minimum absolute atomic E-state index is 0.147. The van der Waals surface area contributed by atoms with Gasteiger partial charge >= 0.3 is 0 Å². The fourth-order valence-corrected chi connectivity index (χ4v) is 1.59. The summed E-state index contributed by atoms with van der Waals surface area (Å²) in [6, 6.07) is 0. The van der Waals surface area contributed by atoms with Crippen LogP contribution in [0.2, 0.25) is 0 Å². The zero-order valence-electron chi connectivity index (χ0n) is 6.59. The summed E-state index contributed by atoms with van der Waals surface area (Å²) in [6.45, 7) is 7.59. The molecule has 9 heavy (non-hydrogen) atoms. The van der Waals surface area contributed by atoms with Crippen LogP contribution in [0, 0.1) is 0 Å². The Balaban J connectivity index is 3.58. The van der Waals surface area contributed by atoms with E-state index in [4.69, 9.17) is 4.52 Å². The minimum Gasteiger partial charge on any atom is -0.220 e. The molecule has 0 aromatic heterocycles. The van der Waals surface area contributed by atoms with E-state index in [0.29, 0.717) is 0 Å². The maximum Gasteiger partial charge on any atom is 0.268 e. The van der Waals surface area contributed by atoms with E-state index in [2.05, 4.69) is 0 Å². The summed E-state index contributed by atoms with van der Waals surface area (Å²) < 4.78 is 5.25. The van der Waals surface area contributed by atoms with Crippen LogP contribution < -0.4 is 0 Å². The number of rotatable bonds is 3. The summed E-state index contributed by atoms with van der Waals surface area (Å²) in [4.78, 5) is 9.38. The molecule has 0 aliphatic heterocycles. The van der Waals surface area contributed by atoms with Gasteiger partial charge in [-0.3, -0.25) is 0 Å². The molecule has 0 heterocycles. The van der Waals surface area contributed by atoms with Gasteiger partial charge in [0.2, 0.25) is 0 Å². The predicted octanol–water partition coefficient (Wildman–Crippen LogP) is 1.90. The molecule has 0 spiro atoms. The van der Waals surface area contributed by atoms with E-state index in [0.717, 1.165) is 6.16 Å². The van der Waals surface area contributed by atoms with Crippen molar-refractivity contribution in [1.29, 1.82) is 0 Å². The van der Waals surface area contributed by atoms with E-state index in [1.54, 1.807) is 6.66 Å². The lowest BCUT2D eigenvalue weighted by Gasteiger charge is -2.13.